The SMILES string of the molecule is CCOc1ccc(S(=O)(=O)N2CCN(c3ccc(N4CCN(C)CC4)nn3)CC2)c(OCC)c1. The topological polar surface area (TPSA) is 91.3 Å². The second-order valence-corrected chi connectivity index (χ2v) is 10.3. The first kappa shape index (κ1) is 24.5. The standard InChI is InChI=1S/C23H34N6O4S/c1-4-32-19-6-7-21(20(18-19)33-5-2)34(30,31)29-16-14-28(15-17-29)23-9-8-22(24-25-23)27-12-10-26(3)11-13-27/h6-9,18H,4-5,10-17H2,1-3H3. The molecule has 1 aromatic carbocycles. The lowest BCUT2D eigenvalue weighted by Crippen LogP contribution is -2.49. The Balaban J connectivity index is 1.41. The fourth-order valence-electron chi connectivity index (χ4n) is 4.21. The molecule has 0 spiro atoms. The third kappa shape index (κ3) is 5.37. The number of sulfonamides is 1. The molecule has 0 N–H and O–H groups in total. The number of aromatic nitrogens is 2. The van der Waals surface area contributed by atoms with E-state index in [2.05, 4.69) is 31.9 Å². The van der Waals surface area contributed by atoms with Crippen LogP contribution in [0, 0.1) is 0 Å². The maximum atomic E-state index is 13.4. The molecular weight excluding hydrogens is 456 g/mol. The van der Waals surface area contributed by atoms with Crippen LogP contribution >= 0.6 is 0 Å². The lowest BCUT2D eigenvalue weighted by Gasteiger charge is -2.35. The van der Waals surface area contributed by atoms with Gasteiger partial charge in [-0.1, -0.05) is 0 Å². The van der Waals surface area contributed by atoms with E-state index in [0.717, 1.165) is 37.8 Å². The lowest BCUT2D eigenvalue weighted by atomic mass is 10.3. The number of hydrogen-bond acceptors (Lipinski definition) is 9. The first-order chi connectivity index (χ1) is 16.4. The number of anilines is 2. The van der Waals surface area contributed by atoms with E-state index in [9.17, 15) is 8.42 Å². The Morgan fingerprint density at radius 2 is 1.35 bits per heavy atom. The summed E-state index contributed by atoms with van der Waals surface area (Å²) in [5.41, 5.74) is 0. The van der Waals surface area contributed by atoms with Crippen LogP contribution in [0.25, 0.3) is 0 Å². The van der Waals surface area contributed by atoms with Gasteiger partial charge < -0.3 is 24.2 Å². The third-order valence-corrected chi connectivity index (χ3v) is 8.11. The molecule has 186 valence electrons. The number of benzene rings is 1. The van der Waals surface area contributed by atoms with Crippen molar-refractivity contribution in [2.75, 3.05) is 82.4 Å². The Kier molecular flexibility index (Phi) is 7.74. The van der Waals surface area contributed by atoms with Crippen LogP contribution in [0.1, 0.15) is 13.8 Å². The number of likely N-dealkylation sites (N-methyl/N-ethyl adjacent to an activating group) is 1. The van der Waals surface area contributed by atoms with E-state index < -0.39 is 10.0 Å². The van der Waals surface area contributed by atoms with Gasteiger partial charge in [0, 0.05) is 58.4 Å². The van der Waals surface area contributed by atoms with Gasteiger partial charge >= 0.3 is 0 Å². The number of nitrogens with zero attached hydrogens (tertiary/aromatic N) is 6. The number of rotatable bonds is 8. The summed E-state index contributed by atoms with van der Waals surface area (Å²) >= 11 is 0. The molecule has 34 heavy (non-hydrogen) atoms. The summed E-state index contributed by atoms with van der Waals surface area (Å²) < 4.78 is 39.4. The van der Waals surface area contributed by atoms with E-state index in [-0.39, 0.29) is 4.90 Å². The van der Waals surface area contributed by atoms with E-state index in [0.29, 0.717) is 50.9 Å². The van der Waals surface area contributed by atoms with E-state index in [1.165, 1.54) is 4.31 Å². The van der Waals surface area contributed by atoms with Gasteiger partial charge in [-0.05, 0) is 45.2 Å². The number of piperazine rings is 2. The van der Waals surface area contributed by atoms with Crippen LogP contribution in [-0.4, -0.2) is 100 Å². The Hall–Kier alpha value is -2.63. The Morgan fingerprint density at radius 1 is 0.794 bits per heavy atom. The average Bonchev–Trinajstić information content (AvgIpc) is 2.85. The molecule has 0 bridgehead atoms. The molecule has 0 amide bonds. The van der Waals surface area contributed by atoms with Crippen molar-refractivity contribution in [2.24, 2.45) is 0 Å². The van der Waals surface area contributed by atoms with E-state index in [1.54, 1.807) is 18.2 Å². The van der Waals surface area contributed by atoms with Crippen molar-refractivity contribution < 1.29 is 17.9 Å². The first-order valence-corrected chi connectivity index (χ1v) is 13.3. The summed E-state index contributed by atoms with van der Waals surface area (Å²) in [6.45, 7) is 10.3. The van der Waals surface area contributed by atoms with Gasteiger partial charge in [0.25, 0.3) is 0 Å². The Bertz CT molecular complexity index is 1050. The maximum Gasteiger partial charge on any atom is 0.246 e. The summed E-state index contributed by atoms with van der Waals surface area (Å²) in [6, 6.07) is 8.87. The summed E-state index contributed by atoms with van der Waals surface area (Å²) in [7, 11) is -1.57. The van der Waals surface area contributed by atoms with Gasteiger partial charge in [-0.3, -0.25) is 0 Å². The Labute approximate surface area is 202 Å². The number of hydrogen-bond donors (Lipinski definition) is 0. The van der Waals surface area contributed by atoms with Crippen LogP contribution in [-0.2, 0) is 10.0 Å². The highest BCUT2D eigenvalue weighted by atomic mass is 32.2. The molecule has 3 heterocycles. The minimum atomic E-state index is -3.70. The first-order valence-electron chi connectivity index (χ1n) is 11.8. The molecule has 2 fully saturated rings. The van der Waals surface area contributed by atoms with Crippen molar-refractivity contribution in [3.63, 3.8) is 0 Å². The van der Waals surface area contributed by atoms with Gasteiger partial charge in [0.05, 0.1) is 13.2 Å². The largest absolute Gasteiger partial charge is 0.494 e. The van der Waals surface area contributed by atoms with E-state index in [1.807, 2.05) is 26.0 Å². The molecule has 2 aliphatic rings. The molecule has 11 heteroatoms. The van der Waals surface area contributed by atoms with Crippen LogP contribution in [0.15, 0.2) is 35.2 Å². The van der Waals surface area contributed by atoms with Crippen LogP contribution in [0.3, 0.4) is 0 Å². The van der Waals surface area contributed by atoms with E-state index >= 15 is 0 Å². The molecule has 4 rings (SSSR count). The zero-order chi connectivity index (χ0) is 24.1. The molecule has 0 aliphatic carbocycles. The van der Waals surface area contributed by atoms with Gasteiger partial charge in [0.15, 0.2) is 11.6 Å². The molecule has 0 radical (unpaired) electrons. The molecule has 2 saturated heterocycles. The van der Waals surface area contributed by atoms with Crippen molar-refractivity contribution in [3.05, 3.63) is 30.3 Å². The molecule has 2 aliphatic heterocycles. The van der Waals surface area contributed by atoms with Gasteiger partial charge in [-0.25, -0.2) is 8.42 Å². The summed E-state index contributed by atoms with van der Waals surface area (Å²) in [6.07, 6.45) is 0. The third-order valence-electron chi connectivity index (χ3n) is 6.17. The predicted octanol–water partition coefficient (Wildman–Crippen LogP) is 1.54. The van der Waals surface area contributed by atoms with Gasteiger partial charge in [-0.15, -0.1) is 10.2 Å². The highest BCUT2D eigenvalue weighted by molar-refractivity contribution is 7.89. The monoisotopic (exact) mass is 490 g/mol. The quantitative estimate of drug-likeness (QED) is 0.546. The van der Waals surface area contributed by atoms with Crippen LogP contribution < -0.4 is 19.3 Å². The smallest absolute Gasteiger partial charge is 0.246 e. The summed E-state index contributed by atoms with van der Waals surface area (Å²) in [4.78, 5) is 6.79. The minimum absolute atomic E-state index is 0.169. The highest BCUT2D eigenvalue weighted by Crippen LogP contribution is 2.32. The van der Waals surface area contributed by atoms with Crippen LogP contribution in [0.4, 0.5) is 11.6 Å². The summed E-state index contributed by atoms with van der Waals surface area (Å²) in [5, 5.41) is 8.86. The minimum Gasteiger partial charge on any atom is -0.494 e. The molecule has 10 nitrogen and oxygen atoms in total. The van der Waals surface area contributed by atoms with Gasteiger partial charge in [0.2, 0.25) is 10.0 Å². The zero-order valence-corrected chi connectivity index (χ0v) is 21.0. The molecule has 0 unspecified atom stereocenters. The predicted molar refractivity (Wildman–Crippen MR) is 131 cm³/mol. The van der Waals surface area contributed by atoms with E-state index in [4.69, 9.17) is 9.47 Å². The second kappa shape index (κ2) is 10.7. The van der Waals surface area contributed by atoms with Gasteiger partial charge in [-0.2, -0.15) is 4.31 Å². The Morgan fingerprint density at radius 3 is 1.88 bits per heavy atom. The van der Waals surface area contributed by atoms with Crippen molar-refractivity contribution in [3.8, 4) is 11.5 Å². The fourth-order valence-corrected chi connectivity index (χ4v) is 5.75. The van der Waals surface area contributed by atoms with Gasteiger partial charge in [0.1, 0.15) is 16.4 Å². The second-order valence-electron chi connectivity index (χ2n) is 8.41. The molecule has 2 aromatic rings. The van der Waals surface area contributed by atoms with Crippen LogP contribution in [0.2, 0.25) is 0 Å². The zero-order valence-electron chi connectivity index (χ0n) is 20.2. The average molecular weight is 491 g/mol. The van der Waals surface area contributed by atoms with Crippen molar-refractivity contribution in [1.82, 2.24) is 19.4 Å². The molecule has 0 atom stereocenters. The molecule has 1 aromatic heterocycles. The molecule has 0 saturated carbocycles. The van der Waals surface area contributed by atoms with Crippen LogP contribution in [0.5, 0.6) is 11.5 Å². The maximum absolute atomic E-state index is 13.4. The van der Waals surface area contributed by atoms with Crippen molar-refractivity contribution in [1.29, 1.82) is 0 Å². The van der Waals surface area contributed by atoms with Crippen molar-refractivity contribution >= 4 is 21.7 Å². The van der Waals surface area contributed by atoms with Crippen molar-refractivity contribution in [2.45, 2.75) is 18.7 Å². The molecular formula is C23H34N6O4S. The fraction of sp³-hybridized carbons (Fsp3) is 0.565. The highest BCUT2D eigenvalue weighted by Gasteiger charge is 2.31. The lowest BCUT2D eigenvalue weighted by molar-refractivity contribution is 0.311. The normalized spacial score (nSPS) is 18.2. The number of ether oxygens (including phenoxy) is 2. The summed E-state index contributed by atoms with van der Waals surface area (Å²) in [5.74, 6) is 2.57.